The first-order valence-corrected chi connectivity index (χ1v) is 5.61. The van der Waals surface area contributed by atoms with E-state index < -0.39 is 0 Å². The molecule has 1 aliphatic heterocycles. The van der Waals surface area contributed by atoms with Crippen molar-refractivity contribution >= 4 is 0 Å². The van der Waals surface area contributed by atoms with Crippen molar-refractivity contribution in [1.29, 1.82) is 0 Å². The fraction of sp³-hybridized carbons (Fsp3) is 1.00. The van der Waals surface area contributed by atoms with Gasteiger partial charge in [-0.05, 0) is 18.8 Å². The Kier molecular flexibility index (Phi) is 3.42. The van der Waals surface area contributed by atoms with E-state index in [1.54, 1.807) is 7.11 Å². The molecule has 4 unspecified atom stereocenters. The van der Waals surface area contributed by atoms with Gasteiger partial charge in [0.15, 0.2) is 0 Å². The Bertz CT molecular complexity index is 183. The van der Waals surface area contributed by atoms with Crippen molar-refractivity contribution in [3.05, 3.63) is 0 Å². The van der Waals surface area contributed by atoms with E-state index in [9.17, 15) is 0 Å². The summed E-state index contributed by atoms with van der Waals surface area (Å²) >= 11 is 0. The van der Waals surface area contributed by atoms with Crippen LogP contribution in [0.1, 0.15) is 32.6 Å². The quantitative estimate of drug-likeness (QED) is 0.697. The highest BCUT2D eigenvalue weighted by Gasteiger charge is 2.42. The number of hydrogen-bond donors (Lipinski definition) is 0. The van der Waals surface area contributed by atoms with Crippen molar-refractivity contribution in [3.8, 4) is 0 Å². The number of fused-ring (bicyclic) bond motifs is 1. The summed E-state index contributed by atoms with van der Waals surface area (Å²) in [6.45, 7) is 2.69. The number of ether oxygens (including phenoxy) is 3. The van der Waals surface area contributed by atoms with E-state index in [0.29, 0.717) is 6.79 Å². The molecule has 1 aliphatic carbocycles. The summed E-state index contributed by atoms with van der Waals surface area (Å²) in [4.78, 5) is 0. The zero-order valence-electron chi connectivity index (χ0n) is 9.07. The smallest absolute Gasteiger partial charge is 0.147 e. The third-order valence-electron chi connectivity index (χ3n) is 3.41. The van der Waals surface area contributed by atoms with Gasteiger partial charge in [0, 0.05) is 7.11 Å². The summed E-state index contributed by atoms with van der Waals surface area (Å²) in [6.07, 6.45) is 5.53. The molecule has 3 heteroatoms. The molecule has 2 aliphatic rings. The lowest BCUT2D eigenvalue weighted by Gasteiger charge is -2.35. The van der Waals surface area contributed by atoms with Crippen LogP contribution >= 0.6 is 0 Å². The summed E-state index contributed by atoms with van der Waals surface area (Å²) in [7, 11) is 1.78. The maximum Gasteiger partial charge on any atom is 0.147 e. The molecule has 1 saturated carbocycles. The first-order chi connectivity index (χ1) is 6.85. The van der Waals surface area contributed by atoms with Crippen LogP contribution in [-0.2, 0) is 14.2 Å². The molecule has 0 aromatic rings. The van der Waals surface area contributed by atoms with Crippen molar-refractivity contribution in [2.24, 2.45) is 5.92 Å². The van der Waals surface area contributed by atoms with Crippen molar-refractivity contribution < 1.29 is 14.2 Å². The Morgan fingerprint density at radius 2 is 2.14 bits per heavy atom. The van der Waals surface area contributed by atoms with Crippen molar-refractivity contribution in [1.82, 2.24) is 0 Å². The second kappa shape index (κ2) is 4.60. The molecule has 0 amide bonds. The summed E-state index contributed by atoms with van der Waals surface area (Å²) in [6, 6.07) is 0. The van der Waals surface area contributed by atoms with Crippen molar-refractivity contribution in [2.45, 2.75) is 50.9 Å². The second-order valence-corrected chi connectivity index (χ2v) is 4.35. The van der Waals surface area contributed by atoms with Gasteiger partial charge in [-0.1, -0.05) is 19.8 Å². The van der Waals surface area contributed by atoms with Gasteiger partial charge in [0.25, 0.3) is 0 Å². The molecule has 4 atom stereocenters. The minimum atomic E-state index is 0.188. The Morgan fingerprint density at radius 1 is 1.29 bits per heavy atom. The van der Waals surface area contributed by atoms with Crippen LogP contribution in [-0.4, -0.2) is 32.2 Å². The SMILES string of the molecule is CCCC1CC(OC)C2OCOC2C1. The summed E-state index contributed by atoms with van der Waals surface area (Å²) in [5.41, 5.74) is 0. The molecule has 3 nitrogen and oxygen atoms in total. The Hall–Kier alpha value is -0.120. The number of hydrogen-bond acceptors (Lipinski definition) is 3. The number of rotatable bonds is 3. The molecule has 14 heavy (non-hydrogen) atoms. The first-order valence-electron chi connectivity index (χ1n) is 5.61. The summed E-state index contributed by atoms with van der Waals surface area (Å²) in [5.74, 6) is 0.757. The predicted molar refractivity (Wildman–Crippen MR) is 53.0 cm³/mol. The van der Waals surface area contributed by atoms with Crippen LogP contribution in [0.25, 0.3) is 0 Å². The van der Waals surface area contributed by atoms with Crippen LogP contribution in [0.4, 0.5) is 0 Å². The van der Waals surface area contributed by atoms with Crippen molar-refractivity contribution in [2.75, 3.05) is 13.9 Å². The molecule has 0 spiro atoms. The highest BCUT2D eigenvalue weighted by Crippen LogP contribution is 2.35. The van der Waals surface area contributed by atoms with E-state index in [-0.39, 0.29) is 18.3 Å². The largest absolute Gasteiger partial charge is 0.379 e. The monoisotopic (exact) mass is 200 g/mol. The average Bonchev–Trinajstić information content (AvgIpc) is 2.65. The highest BCUT2D eigenvalue weighted by molar-refractivity contribution is 4.90. The lowest BCUT2D eigenvalue weighted by molar-refractivity contribution is -0.0636. The standard InChI is InChI=1S/C11H20O3/c1-3-4-8-5-9(12-2)11-10(6-8)13-7-14-11/h8-11H,3-7H2,1-2H3. The van der Waals surface area contributed by atoms with Crippen LogP contribution in [0.3, 0.4) is 0 Å². The fourth-order valence-electron chi connectivity index (χ4n) is 2.72. The molecule has 0 N–H and O–H groups in total. The summed E-state index contributed by atoms with van der Waals surface area (Å²) < 4.78 is 16.6. The molecule has 0 bridgehead atoms. The molecule has 2 fully saturated rings. The molecule has 2 rings (SSSR count). The third kappa shape index (κ3) is 1.95. The zero-order chi connectivity index (χ0) is 9.97. The fourth-order valence-corrected chi connectivity index (χ4v) is 2.72. The molecular formula is C11H20O3. The molecule has 1 heterocycles. The highest BCUT2D eigenvalue weighted by atomic mass is 16.7. The molecule has 0 aromatic carbocycles. The van der Waals surface area contributed by atoms with Crippen LogP contribution in [0.2, 0.25) is 0 Å². The van der Waals surface area contributed by atoms with Gasteiger partial charge in [0.05, 0.1) is 12.2 Å². The van der Waals surface area contributed by atoms with E-state index >= 15 is 0 Å². The average molecular weight is 200 g/mol. The van der Waals surface area contributed by atoms with Crippen molar-refractivity contribution in [3.63, 3.8) is 0 Å². The van der Waals surface area contributed by atoms with Gasteiger partial charge >= 0.3 is 0 Å². The van der Waals surface area contributed by atoms with Gasteiger partial charge in [-0.15, -0.1) is 0 Å². The third-order valence-corrected chi connectivity index (χ3v) is 3.41. The molecule has 1 saturated heterocycles. The molecule has 82 valence electrons. The Balaban J connectivity index is 1.96. The maximum absolute atomic E-state index is 5.56. The van der Waals surface area contributed by atoms with E-state index in [2.05, 4.69) is 6.92 Å². The van der Waals surface area contributed by atoms with Gasteiger partial charge in [-0.25, -0.2) is 0 Å². The van der Waals surface area contributed by atoms with Gasteiger partial charge in [-0.3, -0.25) is 0 Å². The van der Waals surface area contributed by atoms with Gasteiger partial charge in [-0.2, -0.15) is 0 Å². The van der Waals surface area contributed by atoms with Gasteiger partial charge in [0.1, 0.15) is 12.9 Å². The molecule has 0 aromatic heterocycles. The van der Waals surface area contributed by atoms with E-state index in [4.69, 9.17) is 14.2 Å². The first kappa shape index (κ1) is 10.4. The molecule has 0 radical (unpaired) electrons. The number of methoxy groups -OCH3 is 1. The minimum absolute atomic E-state index is 0.188. The lowest BCUT2D eigenvalue weighted by Crippen LogP contribution is -2.43. The predicted octanol–water partition coefficient (Wildman–Crippen LogP) is 1.95. The molecular weight excluding hydrogens is 180 g/mol. The Morgan fingerprint density at radius 3 is 2.86 bits per heavy atom. The zero-order valence-corrected chi connectivity index (χ0v) is 9.07. The topological polar surface area (TPSA) is 27.7 Å². The van der Waals surface area contributed by atoms with E-state index in [0.717, 1.165) is 18.8 Å². The van der Waals surface area contributed by atoms with E-state index in [1.807, 2.05) is 0 Å². The maximum atomic E-state index is 5.56. The van der Waals surface area contributed by atoms with Crippen LogP contribution in [0.5, 0.6) is 0 Å². The summed E-state index contributed by atoms with van der Waals surface area (Å²) in [5, 5.41) is 0. The minimum Gasteiger partial charge on any atom is -0.379 e. The van der Waals surface area contributed by atoms with Gasteiger partial charge < -0.3 is 14.2 Å². The van der Waals surface area contributed by atoms with E-state index in [1.165, 1.54) is 12.8 Å². The Labute approximate surface area is 85.7 Å². The van der Waals surface area contributed by atoms with Crippen LogP contribution in [0.15, 0.2) is 0 Å². The normalized spacial score (nSPS) is 42.4. The van der Waals surface area contributed by atoms with Crippen LogP contribution in [0, 0.1) is 5.92 Å². The van der Waals surface area contributed by atoms with Gasteiger partial charge in [0.2, 0.25) is 0 Å². The van der Waals surface area contributed by atoms with Crippen LogP contribution < -0.4 is 0 Å². The second-order valence-electron chi connectivity index (χ2n) is 4.35. The lowest BCUT2D eigenvalue weighted by atomic mass is 9.81.